The van der Waals surface area contributed by atoms with Crippen molar-refractivity contribution in [2.24, 2.45) is 23.7 Å². The quantitative estimate of drug-likeness (QED) is 0.382. The van der Waals surface area contributed by atoms with Crippen LogP contribution in [0.4, 0.5) is 0 Å². The number of unbranched alkanes of at least 4 members (excludes halogenated alkanes) is 4. The van der Waals surface area contributed by atoms with E-state index in [0.29, 0.717) is 0 Å². The van der Waals surface area contributed by atoms with Crippen LogP contribution in [0.25, 0.3) is 0 Å². The fraction of sp³-hybridized carbons (Fsp3) is 1.00. The lowest BCUT2D eigenvalue weighted by Gasteiger charge is -2.38. The lowest BCUT2D eigenvalue weighted by Crippen LogP contribution is -2.25. The Morgan fingerprint density at radius 2 is 0.864 bits per heavy atom. The second kappa shape index (κ2) is 10.7. The van der Waals surface area contributed by atoms with Crippen LogP contribution in [0.1, 0.15) is 117 Å². The molecule has 0 nitrogen and oxygen atoms in total. The van der Waals surface area contributed by atoms with Crippen LogP contribution in [-0.4, -0.2) is 0 Å². The molecule has 0 amide bonds. The first kappa shape index (κ1) is 18.3. The molecule has 0 radical (unpaired) electrons. The molecule has 2 aliphatic rings. The zero-order valence-corrected chi connectivity index (χ0v) is 15.6. The van der Waals surface area contributed by atoms with Crippen LogP contribution in [-0.2, 0) is 0 Å². The predicted octanol–water partition coefficient (Wildman–Crippen LogP) is 7.76. The highest BCUT2D eigenvalue weighted by Gasteiger charge is 2.30. The Labute approximate surface area is 140 Å². The topological polar surface area (TPSA) is 0 Å². The number of rotatable bonds is 9. The van der Waals surface area contributed by atoms with Crippen molar-refractivity contribution in [1.82, 2.24) is 0 Å². The Bertz CT molecular complexity index is 225. The van der Waals surface area contributed by atoms with Gasteiger partial charge in [-0.1, -0.05) is 90.9 Å². The monoisotopic (exact) mass is 306 g/mol. The normalized spacial score (nSPS) is 33.0. The molecule has 2 saturated carbocycles. The van der Waals surface area contributed by atoms with Gasteiger partial charge in [-0.2, -0.15) is 0 Å². The molecule has 0 N–H and O–H groups in total. The van der Waals surface area contributed by atoms with Gasteiger partial charge in [-0.3, -0.25) is 0 Å². The van der Waals surface area contributed by atoms with Crippen LogP contribution in [0.3, 0.4) is 0 Å². The van der Waals surface area contributed by atoms with Crippen LogP contribution in [0.2, 0.25) is 0 Å². The fourth-order valence-electron chi connectivity index (χ4n) is 5.26. The van der Waals surface area contributed by atoms with E-state index < -0.39 is 0 Å². The van der Waals surface area contributed by atoms with Gasteiger partial charge in [0.2, 0.25) is 0 Å². The highest BCUT2D eigenvalue weighted by Crippen LogP contribution is 2.43. The minimum Gasteiger partial charge on any atom is -0.0654 e. The summed E-state index contributed by atoms with van der Waals surface area (Å²) in [6, 6.07) is 0. The summed E-state index contributed by atoms with van der Waals surface area (Å²) in [5.41, 5.74) is 0. The van der Waals surface area contributed by atoms with Crippen molar-refractivity contribution in [3.05, 3.63) is 0 Å². The lowest BCUT2D eigenvalue weighted by molar-refractivity contribution is 0.139. The van der Waals surface area contributed by atoms with Gasteiger partial charge >= 0.3 is 0 Å². The molecule has 0 unspecified atom stereocenters. The van der Waals surface area contributed by atoms with E-state index in [1.807, 2.05) is 0 Å². The van der Waals surface area contributed by atoms with E-state index >= 15 is 0 Å². The fourth-order valence-corrected chi connectivity index (χ4v) is 5.26. The van der Waals surface area contributed by atoms with Crippen molar-refractivity contribution in [2.45, 2.75) is 117 Å². The molecular weight excluding hydrogens is 264 g/mol. The summed E-state index contributed by atoms with van der Waals surface area (Å²) in [4.78, 5) is 0. The van der Waals surface area contributed by atoms with Crippen molar-refractivity contribution >= 4 is 0 Å². The second-order valence-corrected chi connectivity index (χ2v) is 8.55. The highest BCUT2D eigenvalue weighted by atomic mass is 14.4. The maximum atomic E-state index is 2.33. The molecule has 130 valence electrons. The zero-order chi connectivity index (χ0) is 15.6. The summed E-state index contributed by atoms with van der Waals surface area (Å²) in [6.45, 7) is 4.66. The molecular formula is C22H42. The van der Waals surface area contributed by atoms with E-state index in [2.05, 4.69) is 13.8 Å². The summed E-state index contributed by atoms with van der Waals surface area (Å²) >= 11 is 0. The molecule has 0 aliphatic heterocycles. The van der Waals surface area contributed by atoms with Gasteiger partial charge in [-0.25, -0.2) is 0 Å². The Morgan fingerprint density at radius 1 is 0.500 bits per heavy atom. The van der Waals surface area contributed by atoms with Crippen molar-refractivity contribution in [2.75, 3.05) is 0 Å². The van der Waals surface area contributed by atoms with Gasteiger partial charge in [0.25, 0.3) is 0 Å². The van der Waals surface area contributed by atoms with Crippen LogP contribution in [0.15, 0.2) is 0 Å². The van der Waals surface area contributed by atoms with Gasteiger partial charge in [0.15, 0.2) is 0 Å². The summed E-state index contributed by atoms with van der Waals surface area (Å²) in [7, 11) is 0. The van der Waals surface area contributed by atoms with Crippen molar-refractivity contribution in [3.63, 3.8) is 0 Å². The van der Waals surface area contributed by atoms with E-state index in [9.17, 15) is 0 Å². The molecule has 0 aromatic carbocycles. The van der Waals surface area contributed by atoms with E-state index in [0.717, 1.165) is 23.7 Å². The summed E-state index contributed by atoms with van der Waals surface area (Å²) in [5.74, 6) is 4.40. The molecule has 0 saturated heterocycles. The molecule has 2 fully saturated rings. The molecule has 2 rings (SSSR count). The first-order chi connectivity index (χ1) is 10.8. The molecule has 0 heteroatoms. The maximum absolute atomic E-state index is 2.33. The first-order valence-electron chi connectivity index (χ1n) is 10.8. The van der Waals surface area contributed by atoms with Crippen LogP contribution in [0, 0.1) is 23.7 Å². The van der Waals surface area contributed by atoms with Crippen molar-refractivity contribution in [1.29, 1.82) is 0 Å². The third kappa shape index (κ3) is 6.25. The van der Waals surface area contributed by atoms with Gasteiger partial charge < -0.3 is 0 Å². The van der Waals surface area contributed by atoms with Gasteiger partial charge in [0.05, 0.1) is 0 Å². The third-order valence-electron chi connectivity index (χ3n) is 6.88. The van der Waals surface area contributed by atoms with Gasteiger partial charge in [0.1, 0.15) is 0 Å². The molecule has 0 aromatic heterocycles. The average Bonchev–Trinajstić information content (AvgIpc) is 2.57. The largest absolute Gasteiger partial charge is 0.0654 e. The molecule has 22 heavy (non-hydrogen) atoms. The van der Waals surface area contributed by atoms with Gasteiger partial charge in [-0.15, -0.1) is 0 Å². The standard InChI is InChI=1S/C22H42/c1-3-5-7-9-19-11-15-21(16-12-19)22-17-13-20(14-18-22)10-8-6-4-2/h19-22H,3-18H2,1-2H3/t19-,20?,21-,22?. The van der Waals surface area contributed by atoms with Gasteiger partial charge in [-0.05, 0) is 49.4 Å². The van der Waals surface area contributed by atoms with E-state index in [-0.39, 0.29) is 0 Å². The maximum Gasteiger partial charge on any atom is -0.0386 e. The Hall–Kier alpha value is 0. The van der Waals surface area contributed by atoms with Crippen LogP contribution < -0.4 is 0 Å². The zero-order valence-electron chi connectivity index (χ0n) is 15.6. The summed E-state index contributed by atoms with van der Waals surface area (Å²) in [6.07, 6.45) is 24.3. The van der Waals surface area contributed by atoms with Crippen molar-refractivity contribution < 1.29 is 0 Å². The number of hydrogen-bond acceptors (Lipinski definition) is 0. The first-order valence-corrected chi connectivity index (χ1v) is 10.8. The second-order valence-electron chi connectivity index (χ2n) is 8.55. The van der Waals surface area contributed by atoms with Crippen molar-refractivity contribution in [3.8, 4) is 0 Å². The Kier molecular flexibility index (Phi) is 8.93. The molecule has 0 heterocycles. The predicted molar refractivity (Wildman–Crippen MR) is 99.2 cm³/mol. The lowest BCUT2D eigenvalue weighted by atomic mass is 9.68. The average molecular weight is 307 g/mol. The Balaban J connectivity index is 1.58. The highest BCUT2D eigenvalue weighted by molar-refractivity contribution is 4.82. The minimum absolute atomic E-state index is 1.09. The number of hydrogen-bond donors (Lipinski definition) is 0. The van der Waals surface area contributed by atoms with Crippen LogP contribution >= 0.6 is 0 Å². The van der Waals surface area contributed by atoms with Crippen LogP contribution in [0.5, 0.6) is 0 Å². The SMILES string of the molecule is CCCCCC1CCC([C@H]2CC[C@H](CCCCC)CC2)CC1. The van der Waals surface area contributed by atoms with E-state index in [1.54, 1.807) is 51.4 Å². The van der Waals surface area contributed by atoms with E-state index in [1.165, 1.54) is 51.4 Å². The molecule has 0 aromatic rings. The molecule has 0 spiro atoms. The minimum atomic E-state index is 1.09. The van der Waals surface area contributed by atoms with Gasteiger partial charge in [0, 0.05) is 0 Å². The molecule has 2 aliphatic carbocycles. The summed E-state index contributed by atoms with van der Waals surface area (Å²) in [5, 5.41) is 0. The molecule has 0 atom stereocenters. The summed E-state index contributed by atoms with van der Waals surface area (Å²) < 4.78 is 0. The Morgan fingerprint density at radius 3 is 1.18 bits per heavy atom. The smallest absolute Gasteiger partial charge is 0.0386 e. The van der Waals surface area contributed by atoms with E-state index in [4.69, 9.17) is 0 Å². The third-order valence-corrected chi connectivity index (χ3v) is 6.88. The molecule has 0 bridgehead atoms.